The zero-order chi connectivity index (χ0) is 16.7. The van der Waals surface area contributed by atoms with E-state index in [0.717, 1.165) is 17.8 Å². The maximum Gasteiger partial charge on any atom is 0.332 e. The highest BCUT2D eigenvalue weighted by atomic mass is 32.3. The first-order chi connectivity index (χ1) is 11.0. The predicted octanol–water partition coefficient (Wildman–Crippen LogP) is 4.26. The van der Waals surface area contributed by atoms with Crippen molar-refractivity contribution in [3.8, 4) is 0 Å². The molecule has 2 aromatic carbocycles. The Hall–Kier alpha value is -2.61. The van der Waals surface area contributed by atoms with E-state index in [1.807, 2.05) is 37.3 Å². The zero-order valence-corrected chi connectivity index (χ0v) is 13.2. The molecule has 0 amide bonds. The molecule has 0 saturated carbocycles. The summed E-state index contributed by atoms with van der Waals surface area (Å²) >= 11 is 0. The molecule has 0 spiro atoms. The van der Waals surface area contributed by atoms with Crippen LogP contribution in [-0.2, 0) is 10.2 Å². The Labute approximate surface area is 134 Å². The molecule has 8 heteroatoms. The molecule has 120 valence electrons. The van der Waals surface area contributed by atoms with Gasteiger partial charge in [0, 0.05) is 6.42 Å². The van der Waals surface area contributed by atoms with E-state index >= 15 is 0 Å². The number of rotatable bonds is 5. The number of hydrogen-bond acceptors (Lipinski definition) is 5. The fourth-order valence-electron chi connectivity index (χ4n) is 1.60. The molecule has 2 rings (SSSR count). The van der Waals surface area contributed by atoms with Crippen molar-refractivity contribution in [3.05, 3.63) is 54.6 Å². The lowest BCUT2D eigenvalue weighted by Crippen LogP contribution is -1.97. The van der Waals surface area contributed by atoms with E-state index in [4.69, 9.17) is 0 Å². The van der Waals surface area contributed by atoms with Gasteiger partial charge in [0.05, 0.1) is 16.3 Å². The second-order valence-corrected chi connectivity index (χ2v) is 5.84. The van der Waals surface area contributed by atoms with Gasteiger partial charge in [-0.2, -0.15) is 13.5 Å². The van der Waals surface area contributed by atoms with Crippen LogP contribution >= 0.6 is 0 Å². The molecule has 0 heterocycles. The van der Waals surface area contributed by atoms with Crippen molar-refractivity contribution in [1.82, 2.24) is 0 Å². The van der Waals surface area contributed by atoms with Gasteiger partial charge in [-0.1, -0.05) is 25.1 Å². The van der Waals surface area contributed by atoms with Crippen LogP contribution in [-0.4, -0.2) is 14.3 Å². The smallest absolute Gasteiger partial charge is 0.277 e. The molecule has 1 N–H and O–H groups in total. The Bertz CT molecular complexity index is 803. The molecule has 2 aromatic rings. The first kappa shape index (κ1) is 16.8. The van der Waals surface area contributed by atoms with Crippen molar-refractivity contribution >= 4 is 27.4 Å². The Balaban J connectivity index is 2.07. The highest BCUT2D eigenvalue weighted by Crippen LogP contribution is 2.18. The van der Waals surface area contributed by atoms with Crippen LogP contribution in [0.5, 0.6) is 0 Å². The average Bonchev–Trinajstić information content (AvgIpc) is 2.55. The molecule has 23 heavy (non-hydrogen) atoms. The second kappa shape index (κ2) is 7.59. The van der Waals surface area contributed by atoms with Gasteiger partial charge in [-0.05, 0) is 36.4 Å². The number of hydrazone groups is 1. The van der Waals surface area contributed by atoms with E-state index in [1.165, 1.54) is 12.1 Å². The van der Waals surface area contributed by atoms with Gasteiger partial charge in [0.25, 0.3) is 0 Å². The maximum atomic E-state index is 12.8. The molecule has 0 unspecified atom stereocenters. The minimum absolute atomic E-state index is 0.401. The van der Waals surface area contributed by atoms with Gasteiger partial charge in [-0.25, -0.2) is 0 Å². The molecule has 0 saturated heterocycles. The Kier molecular flexibility index (Phi) is 5.53. The largest absolute Gasteiger partial charge is 0.332 e. The molecule has 0 aliphatic heterocycles. The lowest BCUT2D eigenvalue weighted by Gasteiger charge is -2.00. The van der Waals surface area contributed by atoms with Gasteiger partial charge in [-0.15, -0.1) is 14.1 Å². The number of benzene rings is 2. The van der Waals surface area contributed by atoms with Gasteiger partial charge in [-0.3, -0.25) is 5.43 Å². The number of nitrogens with zero attached hydrogens (tertiary/aromatic N) is 3. The van der Waals surface area contributed by atoms with Crippen LogP contribution in [0.1, 0.15) is 13.3 Å². The number of amidine groups is 1. The van der Waals surface area contributed by atoms with Gasteiger partial charge in [0.1, 0.15) is 0 Å². The van der Waals surface area contributed by atoms with Crippen molar-refractivity contribution in [2.75, 3.05) is 5.43 Å². The van der Waals surface area contributed by atoms with Gasteiger partial charge >= 0.3 is 10.2 Å². The summed E-state index contributed by atoms with van der Waals surface area (Å²) in [4.78, 5) is -0.411. The number of azo groups is 1. The number of hydrogen-bond donors (Lipinski definition) is 1. The van der Waals surface area contributed by atoms with E-state index in [9.17, 15) is 12.3 Å². The van der Waals surface area contributed by atoms with E-state index in [1.54, 1.807) is 0 Å². The predicted molar refractivity (Wildman–Crippen MR) is 87.0 cm³/mol. The normalized spacial score (nSPS) is 12.5. The third-order valence-electron chi connectivity index (χ3n) is 2.80. The van der Waals surface area contributed by atoms with Gasteiger partial charge in [0.15, 0.2) is 5.84 Å². The Morgan fingerprint density at radius 1 is 1.09 bits per heavy atom. The summed E-state index contributed by atoms with van der Waals surface area (Å²) in [5.74, 6) is 0.469. The summed E-state index contributed by atoms with van der Waals surface area (Å²) in [6.45, 7) is 1.88. The quantitative estimate of drug-likeness (QED) is 0.291. The number of nitrogens with one attached hydrogen (secondary N) is 1. The summed E-state index contributed by atoms with van der Waals surface area (Å²) in [5, 5.41) is 12.1. The standard InChI is InChI=1S/C15H15FN4O2S/c1-2-15(19-17-12-6-4-3-5-7-12)20-18-13-8-10-14(11-9-13)23(16,21)22/h3-11,17H,2H2,1H3/b19-15-,20-18?. The molecule has 0 radical (unpaired) electrons. The van der Waals surface area contributed by atoms with Crippen LogP contribution in [0.15, 0.2) is 74.8 Å². The summed E-state index contributed by atoms with van der Waals surface area (Å²) in [7, 11) is -4.70. The Morgan fingerprint density at radius 2 is 1.74 bits per heavy atom. The van der Waals surface area contributed by atoms with Crippen LogP contribution in [0.4, 0.5) is 15.3 Å². The highest BCUT2D eigenvalue weighted by molar-refractivity contribution is 7.86. The molecule has 0 aliphatic carbocycles. The van der Waals surface area contributed by atoms with Crippen molar-refractivity contribution in [2.45, 2.75) is 18.2 Å². The van der Waals surface area contributed by atoms with E-state index in [-0.39, 0.29) is 0 Å². The van der Waals surface area contributed by atoms with Crippen LogP contribution < -0.4 is 5.43 Å². The second-order valence-electron chi connectivity index (χ2n) is 4.49. The van der Waals surface area contributed by atoms with E-state index in [2.05, 4.69) is 20.8 Å². The molecule has 0 aromatic heterocycles. The zero-order valence-electron chi connectivity index (χ0n) is 12.3. The Morgan fingerprint density at radius 3 is 2.30 bits per heavy atom. The first-order valence-corrected chi connectivity index (χ1v) is 8.21. The average molecular weight is 334 g/mol. The third-order valence-corrected chi connectivity index (χ3v) is 3.64. The lowest BCUT2D eigenvalue weighted by molar-refractivity contribution is 0.552. The molecule has 6 nitrogen and oxygen atoms in total. The molecule has 0 aliphatic rings. The SMILES string of the molecule is CC/C(N=Nc1ccc(S(=O)(=O)F)cc1)=N/Nc1ccccc1. The van der Waals surface area contributed by atoms with Crippen LogP contribution in [0.25, 0.3) is 0 Å². The molecular weight excluding hydrogens is 319 g/mol. The molecule has 0 fully saturated rings. The maximum absolute atomic E-state index is 12.8. The lowest BCUT2D eigenvalue weighted by atomic mass is 10.3. The fraction of sp³-hybridized carbons (Fsp3) is 0.133. The topological polar surface area (TPSA) is 83.2 Å². The summed E-state index contributed by atoms with van der Waals surface area (Å²) in [6, 6.07) is 14.4. The number of halogens is 1. The minimum atomic E-state index is -4.70. The number of anilines is 1. The third kappa shape index (κ3) is 5.26. The van der Waals surface area contributed by atoms with Crippen LogP contribution in [0, 0.1) is 0 Å². The van der Waals surface area contributed by atoms with E-state index in [0.29, 0.717) is 17.9 Å². The monoisotopic (exact) mass is 334 g/mol. The summed E-state index contributed by atoms with van der Waals surface area (Å²) in [6.07, 6.45) is 0.556. The van der Waals surface area contributed by atoms with Gasteiger partial charge in [0.2, 0.25) is 0 Å². The van der Waals surface area contributed by atoms with Crippen molar-refractivity contribution < 1.29 is 12.3 Å². The van der Waals surface area contributed by atoms with Crippen molar-refractivity contribution in [3.63, 3.8) is 0 Å². The fourth-order valence-corrected chi connectivity index (χ4v) is 2.07. The first-order valence-electron chi connectivity index (χ1n) is 6.83. The van der Waals surface area contributed by atoms with Crippen molar-refractivity contribution in [2.24, 2.45) is 15.3 Å². The minimum Gasteiger partial charge on any atom is -0.277 e. The summed E-state index contributed by atoms with van der Waals surface area (Å²) in [5.41, 5.74) is 4.09. The van der Waals surface area contributed by atoms with E-state index < -0.39 is 15.1 Å². The summed E-state index contributed by atoms with van der Waals surface area (Å²) < 4.78 is 34.2. The molecule has 0 bridgehead atoms. The molecule has 0 atom stereocenters. The number of para-hydroxylation sites is 1. The molecular formula is C15H15FN4O2S. The van der Waals surface area contributed by atoms with Crippen molar-refractivity contribution in [1.29, 1.82) is 0 Å². The highest BCUT2D eigenvalue weighted by Gasteiger charge is 2.10. The van der Waals surface area contributed by atoms with Gasteiger partial charge < -0.3 is 0 Å². The van der Waals surface area contributed by atoms with Crippen LogP contribution in [0.3, 0.4) is 0 Å². The van der Waals surface area contributed by atoms with Crippen LogP contribution in [0.2, 0.25) is 0 Å².